The molecule has 3 aromatic carbocycles. The summed E-state index contributed by atoms with van der Waals surface area (Å²) in [6.45, 7) is 2.95. The van der Waals surface area contributed by atoms with Gasteiger partial charge >= 0.3 is 12.4 Å². The summed E-state index contributed by atoms with van der Waals surface area (Å²) in [5, 5.41) is 3.38. The van der Waals surface area contributed by atoms with Gasteiger partial charge in [0.1, 0.15) is 5.82 Å². The molecule has 0 unspecified atom stereocenters. The first-order valence-corrected chi connectivity index (χ1v) is 15.0. The number of benzene rings is 3. The quantitative estimate of drug-likeness (QED) is 0.269. The number of anilines is 1. The lowest BCUT2D eigenvalue weighted by Crippen LogP contribution is -2.51. The summed E-state index contributed by atoms with van der Waals surface area (Å²) in [5.41, 5.74) is -1.65. The van der Waals surface area contributed by atoms with Gasteiger partial charge in [0, 0.05) is 49.1 Å². The first kappa shape index (κ1) is 33.4. The molecule has 1 N–H and O–H groups in total. The van der Waals surface area contributed by atoms with Crippen molar-refractivity contribution in [3.05, 3.63) is 100 Å². The molecule has 5 rings (SSSR count). The van der Waals surface area contributed by atoms with Crippen molar-refractivity contribution in [2.24, 2.45) is 0 Å². The van der Waals surface area contributed by atoms with Crippen molar-refractivity contribution in [2.45, 2.75) is 62.3 Å². The van der Waals surface area contributed by atoms with Gasteiger partial charge in [0.15, 0.2) is 0 Å². The summed E-state index contributed by atoms with van der Waals surface area (Å²) in [5.74, 6) is -2.10. The van der Waals surface area contributed by atoms with Crippen LogP contribution in [0.2, 0.25) is 0 Å². The Morgan fingerprint density at radius 3 is 2.09 bits per heavy atom. The second kappa shape index (κ2) is 12.7. The fourth-order valence-electron chi connectivity index (χ4n) is 7.14. The highest BCUT2D eigenvalue weighted by molar-refractivity contribution is 5.96. The Balaban J connectivity index is 1.46. The van der Waals surface area contributed by atoms with Crippen LogP contribution < -0.4 is 10.2 Å². The molecule has 1 saturated heterocycles. The van der Waals surface area contributed by atoms with E-state index >= 15 is 0 Å². The van der Waals surface area contributed by atoms with Gasteiger partial charge < -0.3 is 15.1 Å². The van der Waals surface area contributed by atoms with Crippen molar-refractivity contribution in [2.75, 3.05) is 31.6 Å². The molecule has 1 spiro atoms. The zero-order chi connectivity index (χ0) is 33.4. The Kier molecular flexibility index (Phi) is 9.23. The lowest BCUT2D eigenvalue weighted by Gasteiger charge is -2.42. The number of amides is 2. The minimum atomic E-state index is -5.10. The molecule has 3 aromatic rings. The summed E-state index contributed by atoms with van der Waals surface area (Å²) < 4.78 is 94.9. The highest BCUT2D eigenvalue weighted by atomic mass is 19.4. The van der Waals surface area contributed by atoms with E-state index < -0.39 is 46.7 Å². The number of piperidine rings is 1. The third-order valence-electron chi connectivity index (χ3n) is 9.29. The number of hydrogen-bond donors (Lipinski definition) is 1. The monoisotopic (exact) mass is 649 g/mol. The van der Waals surface area contributed by atoms with Gasteiger partial charge in [0.2, 0.25) is 5.91 Å². The summed E-state index contributed by atoms with van der Waals surface area (Å²) >= 11 is 0. The lowest BCUT2D eigenvalue weighted by molar-refractivity contribution is -0.143. The lowest BCUT2D eigenvalue weighted by atomic mass is 9.68. The van der Waals surface area contributed by atoms with Crippen molar-refractivity contribution in [1.82, 2.24) is 10.2 Å². The number of nitrogens with zero attached hydrogens (tertiary/aromatic N) is 2. The molecule has 2 amide bonds. The zero-order valence-corrected chi connectivity index (χ0v) is 25.3. The zero-order valence-electron chi connectivity index (χ0n) is 25.3. The number of carbonyl (C=O) groups is 2. The van der Waals surface area contributed by atoms with Crippen molar-refractivity contribution in [3.8, 4) is 0 Å². The molecule has 2 aliphatic rings. The number of para-hydroxylation sites is 1. The minimum absolute atomic E-state index is 0.0187. The molecule has 0 radical (unpaired) electrons. The van der Waals surface area contributed by atoms with Crippen LogP contribution in [0.5, 0.6) is 0 Å². The van der Waals surface area contributed by atoms with E-state index in [0.29, 0.717) is 30.5 Å². The molecule has 2 heterocycles. The van der Waals surface area contributed by atoms with Crippen LogP contribution in [0.4, 0.5) is 36.4 Å². The average molecular weight is 650 g/mol. The Hall–Kier alpha value is -3.93. The van der Waals surface area contributed by atoms with E-state index in [2.05, 4.69) is 5.32 Å². The summed E-state index contributed by atoms with van der Waals surface area (Å²) in [7, 11) is 1.31. The molecule has 1 fully saturated rings. The van der Waals surface area contributed by atoms with Crippen LogP contribution in [0.15, 0.2) is 66.7 Å². The molecule has 2 atom stereocenters. The van der Waals surface area contributed by atoms with Crippen molar-refractivity contribution in [1.29, 1.82) is 0 Å². The van der Waals surface area contributed by atoms with Crippen LogP contribution in [0.3, 0.4) is 0 Å². The second-order valence-electron chi connectivity index (χ2n) is 12.1. The molecule has 246 valence electrons. The van der Waals surface area contributed by atoms with Gasteiger partial charge in [-0.1, -0.05) is 30.3 Å². The maximum absolute atomic E-state index is 13.9. The SMILES string of the molecule is CC(=O)N1c2ccccc2C2(CCNCC2)[C@H]1CC[C@H](CN(C)C(=O)c1cc(C(F)(F)F)cc(C(F)(F)F)c1)c1ccc(F)cc1. The average Bonchev–Trinajstić information content (AvgIpc) is 3.27. The Bertz CT molecular complexity index is 1550. The number of rotatable bonds is 7. The summed E-state index contributed by atoms with van der Waals surface area (Å²) in [4.78, 5) is 29.4. The van der Waals surface area contributed by atoms with Crippen LogP contribution in [0.1, 0.15) is 71.1 Å². The van der Waals surface area contributed by atoms with E-state index in [4.69, 9.17) is 0 Å². The van der Waals surface area contributed by atoms with Gasteiger partial charge in [-0.25, -0.2) is 4.39 Å². The maximum atomic E-state index is 13.9. The van der Waals surface area contributed by atoms with E-state index in [1.54, 1.807) is 12.1 Å². The predicted octanol–water partition coefficient (Wildman–Crippen LogP) is 7.56. The number of fused-ring (bicyclic) bond motifs is 2. The van der Waals surface area contributed by atoms with Crippen LogP contribution in [-0.2, 0) is 22.6 Å². The molecule has 2 aliphatic heterocycles. The highest BCUT2D eigenvalue weighted by Crippen LogP contribution is 2.52. The summed E-state index contributed by atoms with van der Waals surface area (Å²) in [6, 6.07) is 14.0. The number of alkyl halides is 6. The van der Waals surface area contributed by atoms with Gasteiger partial charge in [-0.05, 0) is 86.3 Å². The standard InChI is InChI=1S/C34H34F7N3O2/c1-21(45)44-29-6-4-3-5-28(29)32(13-15-42-16-14-32)30(44)12-9-23(22-7-10-27(35)11-8-22)20-43(2)31(46)24-17-25(33(36,37)38)19-26(18-24)34(39,40)41/h3-8,10-11,17-19,23,30,42H,9,12-16,20H2,1-2H3/t23-,30-/m1/s1. The third-order valence-corrected chi connectivity index (χ3v) is 9.29. The Morgan fingerprint density at radius 2 is 1.52 bits per heavy atom. The molecule has 46 heavy (non-hydrogen) atoms. The molecular weight excluding hydrogens is 615 g/mol. The molecule has 0 bridgehead atoms. The second-order valence-corrected chi connectivity index (χ2v) is 12.1. The van der Waals surface area contributed by atoms with Crippen molar-refractivity contribution in [3.63, 3.8) is 0 Å². The van der Waals surface area contributed by atoms with Crippen LogP contribution in [0, 0.1) is 5.82 Å². The van der Waals surface area contributed by atoms with Crippen LogP contribution >= 0.6 is 0 Å². The van der Waals surface area contributed by atoms with Gasteiger partial charge in [0.25, 0.3) is 5.91 Å². The first-order valence-electron chi connectivity index (χ1n) is 15.0. The summed E-state index contributed by atoms with van der Waals surface area (Å²) in [6.07, 6.45) is -7.74. The van der Waals surface area contributed by atoms with Crippen LogP contribution in [0.25, 0.3) is 0 Å². The van der Waals surface area contributed by atoms with Crippen molar-refractivity contribution >= 4 is 17.5 Å². The molecule has 12 heteroatoms. The highest BCUT2D eigenvalue weighted by Gasteiger charge is 2.52. The van der Waals surface area contributed by atoms with E-state index in [1.807, 2.05) is 29.2 Å². The number of nitrogens with one attached hydrogen (secondary N) is 1. The van der Waals surface area contributed by atoms with E-state index in [1.165, 1.54) is 26.1 Å². The minimum Gasteiger partial charge on any atom is -0.341 e. The van der Waals surface area contributed by atoms with E-state index in [9.17, 15) is 40.3 Å². The van der Waals surface area contributed by atoms with Gasteiger partial charge in [0.05, 0.1) is 11.1 Å². The number of halogens is 7. The van der Waals surface area contributed by atoms with Gasteiger partial charge in [-0.3, -0.25) is 9.59 Å². The van der Waals surface area contributed by atoms with Gasteiger partial charge in [-0.2, -0.15) is 26.3 Å². The van der Waals surface area contributed by atoms with Crippen molar-refractivity contribution < 1.29 is 40.3 Å². The van der Waals surface area contributed by atoms with E-state index in [0.717, 1.165) is 42.1 Å². The smallest absolute Gasteiger partial charge is 0.341 e. The largest absolute Gasteiger partial charge is 0.416 e. The fraction of sp³-hybridized carbons (Fsp3) is 0.412. The normalized spacial score (nSPS) is 18.4. The number of hydrogen-bond acceptors (Lipinski definition) is 3. The number of carbonyl (C=O) groups excluding carboxylic acids is 2. The fourth-order valence-corrected chi connectivity index (χ4v) is 7.14. The van der Waals surface area contributed by atoms with Crippen LogP contribution in [-0.4, -0.2) is 49.4 Å². The predicted molar refractivity (Wildman–Crippen MR) is 159 cm³/mol. The number of likely N-dealkylation sites (N-methyl/N-ethyl adjacent to an activating group) is 1. The molecule has 0 aliphatic carbocycles. The maximum Gasteiger partial charge on any atom is 0.416 e. The topological polar surface area (TPSA) is 52.7 Å². The third kappa shape index (κ3) is 6.63. The first-order chi connectivity index (χ1) is 21.6. The van der Waals surface area contributed by atoms with Gasteiger partial charge in [-0.15, -0.1) is 0 Å². The Labute approximate surface area is 262 Å². The van der Waals surface area contributed by atoms with E-state index in [-0.39, 0.29) is 30.0 Å². The molecule has 5 nitrogen and oxygen atoms in total. The molecule has 0 saturated carbocycles. The Morgan fingerprint density at radius 1 is 0.935 bits per heavy atom. The molecule has 0 aromatic heterocycles. The molecular formula is C34H34F7N3O2.